The highest BCUT2D eigenvalue weighted by Gasteiger charge is 2.31. The highest BCUT2D eigenvalue weighted by Crippen LogP contribution is 2.33. The summed E-state index contributed by atoms with van der Waals surface area (Å²) in [5, 5.41) is 0. The SMILES string of the molecule is CC1Cc2ccccc2N1C(=O)c1ccc(N)c(Br)c1. The van der Waals surface area contributed by atoms with Gasteiger partial charge >= 0.3 is 0 Å². The molecule has 3 nitrogen and oxygen atoms in total. The molecule has 20 heavy (non-hydrogen) atoms. The zero-order valence-corrected chi connectivity index (χ0v) is 12.7. The number of rotatable bonds is 1. The van der Waals surface area contributed by atoms with Gasteiger partial charge in [-0.15, -0.1) is 0 Å². The molecule has 0 radical (unpaired) electrons. The molecule has 1 aliphatic rings. The quantitative estimate of drug-likeness (QED) is 0.811. The van der Waals surface area contributed by atoms with Gasteiger partial charge in [0, 0.05) is 27.5 Å². The van der Waals surface area contributed by atoms with Crippen LogP contribution in [-0.4, -0.2) is 11.9 Å². The molecule has 102 valence electrons. The van der Waals surface area contributed by atoms with Gasteiger partial charge in [0.15, 0.2) is 0 Å². The second kappa shape index (κ2) is 4.94. The minimum atomic E-state index is 0.0168. The number of carbonyl (C=O) groups is 1. The Kier molecular flexibility index (Phi) is 3.26. The van der Waals surface area contributed by atoms with Crippen molar-refractivity contribution in [2.45, 2.75) is 19.4 Å². The van der Waals surface area contributed by atoms with Crippen molar-refractivity contribution in [3.63, 3.8) is 0 Å². The van der Waals surface area contributed by atoms with Crippen LogP contribution >= 0.6 is 15.9 Å². The number of halogens is 1. The second-order valence-corrected chi connectivity index (χ2v) is 5.95. The fourth-order valence-electron chi connectivity index (χ4n) is 2.67. The van der Waals surface area contributed by atoms with Crippen molar-refractivity contribution in [1.29, 1.82) is 0 Å². The van der Waals surface area contributed by atoms with Crippen LogP contribution in [0, 0.1) is 0 Å². The van der Waals surface area contributed by atoms with Crippen LogP contribution in [0.2, 0.25) is 0 Å². The van der Waals surface area contributed by atoms with Crippen LogP contribution in [0.25, 0.3) is 0 Å². The molecule has 0 aliphatic carbocycles. The maximum atomic E-state index is 12.7. The summed E-state index contributed by atoms with van der Waals surface area (Å²) in [6.07, 6.45) is 0.901. The molecule has 0 saturated carbocycles. The van der Waals surface area contributed by atoms with E-state index in [2.05, 4.69) is 28.9 Å². The van der Waals surface area contributed by atoms with E-state index < -0.39 is 0 Å². The number of hydrogen-bond donors (Lipinski definition) is 1. The molecule has 2 aromatic rings. The minimum Gasteiger partial charge on any atom is -0.398 e. The van der Waals surface area contributed by atoms with Crippen molar-refractivity contribution in [2.75, 3.05) is 10.6 Å². The highest BCUT2D eigenvalue weighted by atomic mass is 79.9. The summed E-state index contributed by atoms with van der Waals surface area (Å²) in [7, 11) is 0. The Morgan fingerprint density at radius 3 is 2.80 bits per heavy atom. The largest absolute Gasteiger partial charge is 0.398 e. The predicted molar refractivity (Wildman–Crippen MR) is 85.0 cm³/mol. The van der Waals surface area contributed by atoms with E-state index in [0.717, 1.165) is 16.6 Å². The van der Waals surface area contributed by atoms with Crippen LogP contribution in [0.5, 0.6) is 0 Å². The Balaban J connectivity index is 2.00. The Hall–Kier alpha value is -1.81. The van der Waals surface area contributed by atoms with Gasteiger partial charge in [-0.1, -0.05) is 18.2 Å². The van der Waals surface area contributed by atoms with Gasteiger partial charge < -0.3 is 10.6 Å². The smallest absolute Gasteiger partial charge is 0.258 e. The Morgan fingerprint density at radius 1 is 1.30 bits per heavy atom. The second-order valence-electron chi connectivity index (χ2n) is 5.09. The average Bonchev–Trinajstić information content (AvgIpc) is 2.77. The molecule has 0 spiro atoms. The summed E-state index contributed by atoms with van der Waals surface area (Å²) in [5.41, 5.74) is 9.29. The van der Waals surface area contributed by atoms with Crippen LogP contribution in [-0.2, 0) is 6.42 Å². The lowest BCUT2D eigenvalue weighted by atomic mass is 10.1. The van der Waals surface area contributed by atoms with Crippen LogP contribution in [0.4, 0.5) is 11.4 Å². The fraction of sp³-hybridized carbons (Fsp3) is 0.188. The highest BCUT2D eigenvalue weighted by molar-refractivity contribution is 9.10. The van der Waals surface area contributed by atoms with Gasteiger partial charge in [-0.05, 0) is 59.1 Å². The standard InChI is InChI=1S/C16H15BrN2O/c1-10-8-11-4-2-3-5-15(11)19(10)16(20)12-6-7-14(18)13(17)9-12/h2-7,9-10H,8,18H2,1H3. The fourth-order valence-corrected chi connectivity index (χ4v) is 3.05. The van der Waals surface area contributed by atoms with E-state index in [1.54, 1.807) is 18.2 Å². The third-order valence-corrected chi connectivity index (χ3v) is 4.36. The summed E-state index contributed by atoms with van der Waals surface area (Å²) in [6, 6.07) is 13.6. The first-order chi connectivity index (χ1) is 9.58. The number of benzene rings is 2. The molecule has 4 heteroatoms. The molecule has 0 aromatic heterocycles. The first-order valence-electron chi connectivity index (χ1n) is 6.54. The van der Waals surface area contributed by atoms with Crippen LogP contribution in [0.15, 0.2) is 46.9 Å². The molecule has 2 aromatic carbocycles. The lowest BCUT2D eigenvalue weighted by Crippen LogP contribution is -2.35. The Labute approximate surface area is 126 Å². The summed E-state index contributed by atoms with van der Waals surface area (Å²) >= 11 is 3.37. The number of carbonyl (C=O) groups excluding carboxylic acids is 1. The van der Waals surface area contributed by atoms with Crippen molar-refractivity contribution in [2.24, 2.45) is 0 Å². The van der Waals surface area contributed by atoms with Gasteiger partial charge in [-0.25, -0.2) is 0 Å². The Morgan fingerprint density at radius 2 is 2.05 bits per heavy atom. The van der Waals surface area contributed by atoms with Crippen molar-refractivity contribution in [3.05, 3.63) is 58.1 Å². The number of amides is 1. The number of nitrogen functional groups attached to an aromatic ring is 1. The molecule has 3 rings (SSSR count). The Bertz CT molecular complexity index is 684. The minimum absolute atomic E-state index is 0.0168. The molecular weight excluding hydrogens is 316 g/mol. The number of hydrogen-bond acceptors (Lipinski definition) is 2. The van der Waals surface area contributed by atoms with Crippen LogP contribution in [0.3, 0.4) is 0 Å². The van der Waals surface area contributed by atoms with E-state index in [4.69, 9.17) is 5.73 Å². The van der Waals surface area contributed by atoms with E-state index >= 15 is 0 Å². The van der Waals surface area contributed by atoms with Gasteiger partial charge in [0.25, 0.3) is 5.91 Å². The van der Waals surface area contributed by atoms with E-state index in [9.17, 15) is 4.79 Å². The van der Waals surface area contributed by atoms with Gasteiger partial charge in [-0.2, -0.15) is 0 Å². The first-order valence-corrected chi connectivity index (χ1v) is 7.33. The third-order valence-electron chi connectivity index (χ3n) is 3.67. The van der Waals surface area contributed by atoms with Crippen molar-refractivity contribution in [1.82, 2.24) is 0 Å². The molecule has 0 saturated heterocycles. The topological polar surface area (TPSA) is 46.3 Å². The lowest BCUT2D eigenvalue weighted by Gasteiger charge is -2.23. The van der Waals surface area contributed by atoms with E-state index in [1.807, 2.05) is 23.1 Å². The molecule has 1 aliphatic heterocycles. The van der Waals surface area contributed by atoms with Gasteiger partial charge in [0.2, 0.25) is 0 Å². The molecule has 0 fully saturated rings. The summed E-state index contributed by atoms with van der Waals surface area (Å²) in [4.78, 5) is 14.6. The number of anilines is 2. The number of para-hydroxylation sites is 1. The lowest BCUT2D eigenvalue weighted by molar-refractivity contribution is 0.0981. The normalized spacial score (nSPS) is 17.1. The van der Waals surface area contributed by atoms with E-state index in [1.165, 1.54) is 5.56 Å². The van der Waals surface area contributed by atoms with Crippen molar-refractivity contribution < 1.29 is 4.79 Å². The molecule has 1 amide bonds. The average molecular weight is 331 g/mol. The van der Waals surface area contributed by atoms with Crippen molar-refractivity contribution in [3.8, 4) is 0 Å². The predicted octanol–water partition coefficient (Wildman–Crippen LogP) is 3.62. The van der Waals surface area contributed by atoms with E-state index in [0.29, 0.717) is 11.3 Å². The van der Waals surface area contributed by atoms with Crippen molar-refractivity contribution >= 4 is 33.2 Å². The maximum absolute atomic E-state index is 12.7. The van der Waals surface area contributed by atoms with Crippen LogP contribution < -0.4 is 10.6 Å². The van der Waals surface area contributed by atoms with E-state index in [-0.39, 0.29) is 11.9 Å². The molecule has 0 bridgehead atoms. The molecule has 2 N–H and O–H groups in total. The zero-order valence-electron chi connectivity index (χ0n) is 11.1. The molecular formula is C16H15BrN2O. The molecule has 1 unspecified atom stereocenters. The maximum Gasteiger partial charge on any atom is 0.258 e. The number of nitrogens with zero attached hydrogens (tertiary/aromatic N) is 1. The molecule has 1 atom stereocenters. The molecule has 1 heterocycles. The van der Waals surface area contributed by atoms with Gasteiger partial charge in [-0.3, -0.25) is 4.79 Å². The summed E-state index contributed by atoms with van der Waals surface area (Å²) in [6.45, 7) is 2.07. The van der Waals surface area contributed by atoms with Crippen LogP contribution in [0.1, 0.15) is 22.8 Å². The van der Waals surface area contributed by atoms with Gasteiger partial charge in [0.1, 0.15) is 0 Å². The number of fused-ring (bicyclic) bond motifs is 1. The first kappa shape index (κ1) is 13.2. The van der Waals surface area contributed by atoms with Gasteiger partial charge in [0.05, 0.1) is 0 Å². The number of nitrogens with two attached hydrogens (primary N) is 1. The monoisotopic (exact) mass is 330 g/mol. The zero-order chi connectivity index (χ0) is 14.3. The summed E-state index contributed by atoms with van der Waals surface area (Å²) < 4.78 is 0.753. The summed E-state index contributed by atoms with van der Waals surface area (Å²) in [5.74, 6) is 0.0168. The third kappa shape index (κ3) is 2.10.